The lowest BCUT2D eigenvalue weighted by Gasteiger charge is -2.33. The van der Waals surface area contributed by atoms with Crippen molar-refractivity contribution < 1.29 is 23.0 Å². The third kappa shape index (κ3) is 3.89. The quantitative estimate of drug-likeness (QED) is 0.864. The molecule has 0 N–H and O–H groups in total. The Morgan fingerprint density at radius 2 is 2.00 bits per heavy atom. The lowest BCUT2D eigenvalue weighted by molar-refractivity contribution is -0.0405. The summed E-state index contributed by atoms with van der Waals surface area (Å²) in [7, 11) is 0. The van der Waals surface area contributed by atoms with Crippen molar-refractivity contribution >= 4 is 5.91 Å². The van der Waals surface area contributed by atoms with Crippen molar-refractivity contribution in [1.82, 2.24) is 4.90 Å². The predicted molar refractivity (Wildman–Crippen MR) is 83.9 cm³/mol. The molecule has 0 saturated carbocycles. The normalized spacial score (nSPS) is 17.6. The first kappa shape index (κ1) is 16.4. The third-order valence-corrected chi connectivity index (χ3v) is 3.77. The van der Waals surface area contributed by atoms with Gasteiger partial charge in [-0.15, -0.1) is 0 Å². The topological polar surface area (TPSA) is 38.8 Å². The Morgan fingerprint density at radius 1 is 1.21 bits per heavy atom. The predicted octanol–water partition coefficient (Wildman–Crippen LogP) is 2.88. The number of hydrogen-bond acceptors (Lipinski definition) is 3. The molecule has 1 atom stereocenters. The van der Waals surface area contributed by atoms with Gasteiger partial charge in [0.15, 0.2) is 11.6 Å². The molecule has 126 valence electrons. The highest BCUT2D eigenvalue weighted by molar-refractivity contribution is 5.94. The molecule has 0 aliphatic carbocycles. The number of amides is 1. The molecule has 1 fully saturated rings. The van der Waals surface area contributed by atoms with Crippen LogP contribution in [0.2, 0.25) is 0 Å². The number of hydrogen-bond donors (Lipinski definition) is 0. The molecular weight excluding hydrogens is 316 g/mol. The van der Waals surface area contributed by atoms with Crippen molar-refractivity contribution in [2.24, 2.45) is 0 Å². The second kappa shape index (κ2) is 7.40. The van der Waals surface area contributed by atoms with Crippen molar-refractivity contribution in [3.8, 4) is 5.75 Å². The van der Waals surface area contributed by atoms with Gasteiger partial charge in [0.05, 0.1) is 13.2 Å². The summed E-state index contributed by atoms with van der Waals surface area (Å²) in [5.41, 5.74) is 0.614. The second-order valence-corrected chi connectivity index (χ2v) is 5.50. The van der Waals surface area contributed by atoms with Gasteiger partial charge in [-0.3, -0.25) is 4.79 Å². The van der Waals surface area contributed by atoms with Crippen LogP contribution in [-0.4, -0.2) is 43.2 Å². The summed E-state index contributed by atoms with van der Waals surface area (Å²) in [6.07, 6.45) is -0.365. The first-order chi connectivity index (χ1) is 11.6. The lowest BCUT2D eigenvalue weighted by Crippen LogP contribution is -2.47. The molecule has 1 saturated heterocycles. The molecule has 2 aromatic rings. The SMILES string of the molecule is O=C(c1ccccc1)N1CCO[C@H](COc2ccc(F)cc2F)C1. The smallest absolute Gasteiger partial charge is 0.254 e. The summed E-state index contributed by atoms with van der Waals surface area (Å²) in [5.74, 6) is -1.53. The number of benzene rings is 2. The van der Waals surface area contributed by atoms with Crippen molar-refractivity contribution in [1.29, 1.82) is 0 Å². The number of halogens is 2. The van der Waals surface area contributed by atoms with Gasteiger partial charge in [0.25, 0.3) is 5.91 Å². The van der Waals surface area contributed by atoms with E-state index in [2.05, 4.69) is 0 Å². The van der Waals surface area contributed by atoms with E-state index >= 15 is 0 Å². The molecule has 6 heteroatoms. The molecule has 1 aliphatic heterocycles. The number of ether oxygens (including phenoxy) is 2. The first-order valence-corrected chi connectivity index (χ1v) is 7.67. The fraction of sp³-hybridized carbons (Fsp3) is 0.278. The van der Waals surface area contributed by atoms with Gasteiger partial charge in [0, 0.05) is 18.2 Å². The summed E-state index contributed by atoms with van der Waals surface area (Å²) in [5, 5.41) is 0. The number of morpholine rings is 1. The van der Waals surface area contributed by atoms with E-state index in [0.717, 1.165) is 12.1 Å². The summed E-state index contributed by atoms with van der Waals surface area (Å²) in [6.45, 7) is 1.32. The lowest BCUT2D eigenvalue weighted by atomic mass is 10.2. The molecule has 1 heterocycles. The van der Waals surface area contributed by atoms with E-state index in [1.54, 1.807) is 17.0 Å². The van der Waals surface area contributed by atoms with Crippen molar-refractivity contribution in [2.75, 3.05) is 26.3 Å². The van der Waals surface area contributed by atoms with Crippen LogP contribution >= 0.6 is 0 Å². The van der Waals surface area contributed by atoms with E-state index in [1.165, 1.54) is 6.07 Å². The average Bonchev–Trinajstić information content (AvgIpc) is 2.61. The van der Waals surface area contributed by atoms with Crippen molar-refractivity contribution in [3.63, 3.8) is 0 Å². The molecule has 24 heavy (non-hydrogen) atoms. The van der Waals surface area contributed by atoms with E-state index in [0.29, 0.717) is 25.3 Å². The third-order valence-electron chi connectivity index (χ3n) is 3.77. The van der Waals surface area contributed by atoms with Crippen LogP contribution in [0.15, 0.2) is 48.5 Å². The van der Waals surface area contributed by atoms with Gasteiger partial charge in [0.1, 0.15) is 18.5 Å². The first-order valence-electron chi connectivity index (χ1n) is 7.67. The summed E-state index contributed by atoms with van der Waals surface area (Å²) in [4.78, 5) is 14.1. The Kier molecular flexibility index (Phi) is 5.05. The van der Waals surface area contributed by atoms with Crippen LogP contribution in [0.5, 0.6) is 5.75 Å². The highest BCUT2D eigenvalue weighted by atomic mass is 19.1. The van der Waals surface area contributed by atoms with Gasteiger partial charge in [0.2, 0.25) is 0 Å². The van der Waals surface area contributed by atoms with Gasteiger partial charge >= 0.3 is 0 Å². The molecule has 2 aromatic carbocycles. The Morgan fingerprint density at radius 3 is 2.75 bits per heavy atom. The van der Waals surface area contributed by atoms with Crippen molar-refractivity contribution in [3.05, 3.63) is 65.7 Å². The molecule has 1 amide bonds. The molecule has 0 bridgehead atoms. The minimum atomic E-state index is -0.761. The summed E-state index contributed by atoms with van der Waals surface area (Å²) < 4.78 is 37.4. The van der Waals surface area contributed by atoms with Gasteiger partial charge < -0.3 is 14.4 Å². The highest BCUT2D eigenvalue weighted by Gasteiger charge is 2.25. The van der Waals surface area contributed by atoms with Crippen LogP contribution in [0.4, 0.5) is 8.78 Å². The zero-order chi connectivity index (χ0) is 16.9. The number of nitrogens with zero attached hydrogens (tertiary/aromatic N) is 1. The number of carbonyl (C=O) groups excluding carboxylic acids is 1. The van der Waals surface area contributed by atoms with Gasteiger partial charge in [-0.2, -0.15) is 0 Å². The van der Waals surface area contributed by atoms with Gasteiger partial charge in [-0.1, -0.05) is 18.2 Å². The van der Waals surface area contributed by atoms with Crippen LogP contribution in [-0.2, 0) is 4.74 Å². The molecular formula is C18H17F2NO3. The van der Waals surface area contributed by atoms with Crippen molar-refractivity contribution in [2.45, 2.75) is 6.10 Å². The van der Waals surface area contributed by atoms with Crippen LogP contribution in [0.25, 0.3) is 0 Å². The maximum atomic E-state index is 13.6. The zero-order valence-corrected chi connectivity index (χ0v) is 13.0. The van der Waals surface area contributed by atoms with Gasteiger partial charge in [-0.05, 0) is 24.3 Å². The molecule has 0 aromatic heterocycles. The fourth-order valence-corrected chi connectivity index (χ4v) is 2.54. The highest BCUT2D eigenvalue weighted by Crippen LogP contribution is 2.19. The molecule has 1 aliphatic rings. The van der Waals surface area contributed by atoms with E-state index < -0.39 is 11.6 Å². The Hall–Kier alpha value is -2.47. The standard InChI is InChI=1S/C18H17F2NO3/c19-14-6-7-17(16(20)10-14)24-12-15-11-21(8-9-23-15)18(22)13-4-2-1-3-5-13/h1-7,10,15H,8-9,11-12H2/t15-/m0/s1. The van der Waals surface area contributed by atoms with Crippen LogP contribution in [0.1, 0.15) is 10.4 Å². The minimum Gasteiger partial charge on any atom is -0.488 e. The van der Waals surface area contributed by atoms with Crippen LogP contribution in [0, 0.1) is 11.6 Å². The van der Waals surface area contributed by atoms with Crippen LogP contribution in [0.3, 0.4) is 0 Å². The van der Waals surface area contributed by atoms with E-state index in [-0.39, 0.29) is 24.4 Å². The molecule has 0 spiro atoms. The number of carbonyl (C=O) groups is 1. The second-order valence-electron chi connectivity index (χ2n) is 5.50. The average molecular weight is 333 g/mol. The molecule has 0 radical (unpaired) electrons. The fourth-order valence-electron chi connectivity index (χ4n) is 2.54. The summed E-state index contributed by atoms with van der Waals surface area (Å²) in [6, 6.07) is 12.1. The molecule has 3 rings (SSSR count). The Labute approximate surface area is 138 Å². The minimum absolute atomic E-state index is 0.0356. The van der Waals surface area contributed by atoms with Crippen LogP contribution < -0.4 is 4.74 Å². The Balaban J connectivity index is 1.58. The van der Waals surface area contributed by atoms with E-state index in [4.69, 9.17) is 9.47 Å². The molecule has 0 unspecified atom stereocenters. The monoisotopic (exact) mass is 333 g/mol. The maximum absolute atomic E-state index is 13.6. The number of rotatable bonds is 4. The zero-order valence-electron chi connectivity index (χ0n) is 13.0. The Bertz CT molecular complexity index is 709. The largest absolute Gasteiger partial charge is 0.488 e. The summed E-state index contributed by atoms with van der Waals surface area (Å²) >= 11 is 0. The van der Waals surface area contributed by atoms with E-state index in [9.17, 15) is 13.6 Å². The molecule has 4 nitrogen and oxygen atoms in total. The van der Waals surface area contributed by atoms with Gasteiger partial charge in [-0.25, -0.2) is 8.78 Å². The maximum Gasteiger partial charge on any atom is 0.254 e. The van der Waals surface area contributed by atoms with E-state index in [1.807, 2.05) is 18.2 Å².